The summed E-state index contributed by atoms with van der Waals surface area (Å²) in [6.45, 7) is 4.32. The molecule has 1 aromatic rings. The van der Waals surface area contributed by atoms with Crippen molar-refractivity contribution in [1.82, 2.24) is 0 Å². The Balaban J connectivity index is 2.55. The zero-order chi connectivity index (χ0) is 13.4. The van der Waals surface area contributed by atoms with Gasteiger partial charge in [-0.3, -0.25) is 0 Å². The minimum atomic E-state index is -0.294. The molecule has 18 heavy (non-hydrogen) atoms. The van der Waals surface area contributed by atoms with Gasteiger partial charge < -0.3 is 10.1 Å². The predicted molar refractivity (Wildman–Crippen MR) is 78.1 cm³/mol. The standard InChI is InChI=1S/C14H19NO2S/c1-3-5-6-13(18)15-12-9-7-11(8-10-12)14(16)17-4-2/h7-10H,3-6H2,1-2H3,(H,15,18). The summed E-state index contributed by atoms with van der Waals surface area (Å²) in [4.78, 5) is 12.3. The molecule has 0 heterocycles. The second-order valence-electron chi connectivity index (χ2n) is 3.95. The Morgan fingerprint density at radius 1 is 1.28 bits per heavy atom. The third-order valence-electron chi connectivity index (χ3n) is 2.44. The highest BCUT2D eigenvalue weighted by molar-refractivity contribution is 7.80. The summed E-state index contributed by atoms with van der Waals surface area (Å²) in [6, 6.07) is 7.15. The molecular formula is C14H19NO2S. The molecule has 0 saturated carbocycles. The van der Waals surface area contributed by atoms with Gasteiger partial charge in [0.2, 0.25) is 0 Å². The van der Waals surface area contributed by atoms with Crippen LogP contribution < -0.4 is 5.32 Å². The number of carbonyl (C=O) groups excluding carboxylic acids is 1. The number of hydrogen-bond acceptors (Lipinski definition) is 3. The average Bonchev–Trinajstić information content (AvgIpc) is 2.37. The maximum Gasteiger partial charge on any atom is 0.338 e. The lowest BCUT2D eigenvalue weighted by atomic mass is 10.2. The Kier molecular flexibility index (Phi) is 6.36. The average molecular weight is 265 g/mol. The number of carbonyl (C=O) groups is 1. The first kappa shape index (κ1) is 14.6. The van der Waals surface area contributed by atoms with Crippen LogP contribution >= 0.6 is 12.2 Å². The largest absolute Gasteiger partial charge is 0.462 e. The molecule has 0 bridgehead atoms. The lowest BCUT2D eigenvalue weighted by molar-refractivity contribution is 0.0526. The molecule has 0 unspecified atom stereocenters. The van der Waals surface area contributed by atoms with E-state index in [-0.39, 0.29) is 5.97 Å². The quantitative estimate of drug-likeness (QED) is 0.627. The molecule has 3 nitrogen and oxygen atoms in total. The topological polar surface area (TPSA) is 38.3 Å². The van der Waals surface area contributed by atoms with Crippen LogP contribution in [-0.4, -0.2) is 17.6 Å². The number of ether oxygens (including phenoxy) is 1. The number of anilines is 1. The zero-order valence-electron chi connectivity index (χ0n) is 10.9. The Hall–Kier alpha value is -1.42. The fraction of sp³-hybridized carbons (Fsp3) is 0.429. The van der Waals surface area contributed by atoms with Crippen LogP contribution in [-0.2, 0) is 4.74 Å². The van der Waals surface area contributed by atoms with E-state index in [1.165, 1.54) is 0 Å². The normalized spacial score (nSPS) is 9.89. The van der Waals surface area contributed by atoms with E-state index in [1.807, 2.05) is 12.1 Å². The van der Waals surface area contributed by atoms with Gasteiger partial charge in [-0.1, -0.05) is 25.6 Å². The summed E-state index contributed by atoms with van der Waals surface area (Å²) in [6.07, 6.45) is 3.11. The van der Waals surface area contributed by atoms with Gasteiger partial charge >= 0.3 is 5.97 Å². The van der Waals surface area contributed by atoms with Crippen molar-refractivity contribution in [2.45, 2.75) is 33.1 Å². The van der Waals surface area contributed by atoms with E-state index in [0.717, 1.165) is 29.9 Å². The Morgan fingerprint density at radius 2 is 1.94 bits per heavy atom. The lowest BCUT2D eigenvalue weighted by Crippen LogP contribution is -2.09. The highest BCUT2D eigenvalue weighted by Crippen LogP contribution is 2.12. The number of hydrogen-bond donors (Lipinski definition) is 1. The van der Waals surface area contributed by atoms with Crippen LogP contribution in [0.25, 0.3) is 0 Å². The number of thiocarbonyl (C=S) groups is 1. The molecule has 1 aromatic carbocycles. The number of benzene rings is 1. The fourth-order valence-electron chi connectivity index (χ4n) is 1.46. The molecule has 0 amide bonds. The second-order valence-corrected chi connectivity index (χ2v) is 4.44. The fourth-order valence-corrected chi connectivity index (χ4v) is 1.73. The lowest BCUT2D eigenvalue weighted by Gasteiger charge is -2.08. The molecule has 0 fully saturated rings. The monoisotopic (exact) mass is 265 g/mol. The molecule has 0 spiro atoms. The van der Waals surface area contributed by atoms with E-state index in [9.17, 15) is 4.79 Å². The van der Waals surface area contributed by atoms with Crippen molar-refractivity contribution < 1.29 is 9.53 Å². The smallest absolute Gasteiger partial charge is 0.338 e. The third kappa shape index (κ3) is 4.84. The SMILES string of the molecule is CCCCC(=S)Nc1ccc(C(=O)OCC)cc1. The predicted octanol–water partition coefficient (Wildman–Crippen LogP) is 3.79. The summed E-state index contributed by atoms with van der Waals surface area (Å²) >= 11 is 5.22. The van der Waals surface area contributed by atoms with Crippen molar-refractivity contribution in [2.75, 3.05) is 11.9 Å². The van der Waals surface area contributed by atoms with Crippen LogP contribution in [0.2, 0.25) is 0 Å². The highest BCUT2D eigenvalue weighted by atomic mass is 32.1. The number of unbranched alkanes of at least 4 members (excludes halogenated alkanes) is 1. The Morgan fingerprint density at radius 3 is 2.50 bits per heavy atom. The molecule has 0 aliphatic rings. The second kappa shape index (κ2) is 7.82. The van der Waals surface area contributed by atoms with E-state index in [0.29, 0.717) is 12.2 Å². The molecule has 0 radical (unpaired) electrons. The van der Waals surface area contributed by atoms with Crippen molar-refractivity contribution >= 4 is 28.9 Å². The molecule has 0 atom stereocenters. The van der Waals surface area contributed by atoms with Crippen molar-refractivity contribution in [1.29, 1.82) is 0 Å². The molecule has 98 valence electrons. The molecule has 0 aliphatic carbocycles. The number of nitrogens with one attached hydrogen (secondary N) is 1. The first-order valence-corrected chi connectivity index (χ1v) is 6.65. The maximum absolute atomic E-state index is 11.5. The molecule has 1 rings (SSSR count). The van der Waals surface area contributed by atoms with Crippen molar-refractivity contribution in [2.24, 2.45) is 0 Å². The molecule has 4 heteroatoms. The maximum atomic E-state index is 11.5. The Labute approximate surface area is 114 Å². The molecule has 1 N–H and O–H groups in total. The van der Waals surface area contributed by atoms with Gasteiger partial charge in [-0.2, -0.15) is 0 Å². The van der Waals surface area contributed by atoms with Gasteiger partial charge in [0.1, 0.15) is 0 Å². The van der Waals surface area contributed by atoms with E-state index in [2.05, 4.69) is 12.2 Å². The summed E-state index contributed by atoms with van der Waals surface area (Å²) in [5.41, 5.74) is 1.46. The Bertz CT molecular complexity index is 401. The van der Waals surface area contributed by atoms with Crippen LogP contribution in [0, 0.1) is 0 Å². The van der Waals surface area contributed by atoms with E-state index >= 15 is 0 Å². The minimum Gasteiger partial charge on any atom is -0.462 e. The number of esters is 1. The minimum absolute atomic E-state index is 0.294. The molecule has 0 saturated heterocycles. The third-order valence-corrected chi connectivity index (χ3v) is 2.74. The summed E-state index contributed by atoms with van der Waals surface area (Å²) in [5.74, 6) is -0.294. The van der Waals surface area contributed by atoms with Crippen LogP contribution in [0.3, 0.4) is 0 Å². The van der Waals surface area contributed by atoms with Crippen molar-refractivity contribution in [3.8, 4) is 0 Å². The van der Waals surface area contributed by atoms with E-state index in [1.54, 1.807) is 19.1 Å². The van der Waals surface area contributed by atoms with Crippen LogP contribution in [0.5, 0.6) is 0 Å². The molecule has 0 aliphatic heterocycles. The summed E-state index contributed by atoms with van der Waals surface area (Å²) in [7, 11) is 0. The van der Waals surface area contributed by atoms with Crippen molar-refractivity contribution in [3.05, 3.63) is 29.8 Å². The van der Waals surface area contributed by atoms with Crippen molar-refractivity contribution in [3.63, 3.8) is 0 Å². The van der Waals surface area contributed by atoms with Gasteiger partial charge in [0.15, 0.2) is 0 Å². The zero-order valence-corrected chi connectivity index (χ0v) is 11.7. The van der Waals surface area contributed by atoms with E-state index in [4.69, 9.17) is 17.0 Å². The van der Waals surface area contributed by atoms with Gasteiger partial charge in [-0.15, -0.1) is 0 Å². The van der Waals surface area contributed by atoms with Gasteiger partial charge in [-0.25, -0.2) is 4.79 Å². The first-order valence-electron chi connectivity index (χ1n) is 6.24. The molecule has 0 aromatic heterocycles. The highest BCUT2D eigenvalue weighted by Gasteiger charge is 2.05. The van der Waals surface area contributed by atoms with Gasteiger partial charge in [0.05, 0.1) is 17.2 Å². The van der Waals surface area contributed by atoms with Crippen LogP contribution in [0.15, 0.2) is 24.3 Å². The van der Waals surface area contributed by atoms with E-state index < -0.39 is 0 Å². The summed E-state index contributed by atoms with van der Waals surface area (Å²) < 4.78 is 4.92. The van der Waals surface area contributed by atoms with Crippen LogP contribution in [0.1, 0.15) is 43.5 Å². The van der Waals surface area contributed by atoms with Gasteiger partial charge in [0, 0.05) is 5.69 Å². The first-order chi connectivity index (χ1) is 8.67. The van der Waals surface area contributed by atoms with Gasteiger partial charge in [0.25, 0.3) is 0 Å². The summed E-state index contributed by atoms with van der Waals surface area (Å²) in [5, 5.41) is 3.15. The van der Waals surface area contributed by atoms with Gasteiger partial charge in [-0.05, 0) is 44.0 Å². The molecular weight excluding hydrogens is 246 g/mol. The van der Waals surface area contributed by atoms with Crippen LogP contribution in [0.4, 0.5) is 5.69 Å². The number of rotatable bonds is 6.